The van der Waals surface area contributed by atoms with E-state index in [4.69, 9.17) is 4.42 Å². The molecule has 0 fully saturated rings. The van der Waals surface area contributed by atoms with Crippen LogP contribution in [0.2, 0.25) is 0 Å². The molecule has 1 N–H and O–H groups in total. The summed E-state index contributed by atoms with van der Waals surface area (Å²) in [6.45, 7) is 8.33. The smallest absolute Gasteiger partial charge is 0.169 e. The van der Waals surface area contributed by atoms with Crippen LogP contribution in [-0.2, 0) is 13.1 Å². The van der Waals surface area contributed by atoms with Crippen molar-refractivity contribution in [1.29, 1.82) is 0 Å². The van der Waals surface area contributed by atoms with E-state index in [0.717, 1.165) is 23.5 Å². The number of rotatable bonds is 5. The third-order valence-electron chi connectivity index (χ3n) is 3.15. The average molecular weight is 326 g/mol. The molecule has 0 spiro atoms. The lowest BCUT2D eigenvalue weighted by Crippen LogP contribution is -2.42. The van der Waals surface area contributed by atoms with Crippen molar-refractivity contribution >= 4 is 15.9 Å². The van der Waals surface area contributed by atoms with Crippen molar-refractivity contribution in [3.8, 4) is 0 Å². The molecule has 0 amide bonds. The molecule has 104 valence electrons. The third-order valence-corrected chi connectivity index (χ3v) is 3.58. The second kappa shape index (κ2) is 5.92. The summed E-state index contributed by atoms with van der Waals surface area (Å²) in [6.07, 6.45) is 5.65. The Morgan fingerprint density at radius 3 is 2.74 bits per heavy atom. The van der Waals surface area contributed by atoms with Crippen molar-refractivity contribution in [2.75, 3.05) is 0 Å². The van der Waals surface area contributed by atoms with E-state index < -0.39 is 0 Å². The lowest BCUT2D eigenvalue weighted by molar-refractivity contribution is 0.234. The lowest BCUT2D eigenvalue weighted by atomic mass is 9.86. The number of furan rings is 1. The molecule has 0 saturated heterocycles. The summed E-state index contributed by atoms with van der Waals surface area (Å²) in [6, 6.07) is 4.23. The SMILES string of the molecule is CC(C)(C)C(Cn1ccnc1)NCc1ccc(Br)o1. The summed E-state index contributed by atoms with van der Waals surface area (Å²) in [7, 11) is 0. The fourth-order valence-electron chi connectivity index (χ4n) is 1.92. The Kier molecular flexibility index (Phi) is 4.47. The molecule has 1 unspecified atom stereocenters. The van der Waals surface area contributed by atoms with Gasteiger partial charge in [0.05, 0.1) is 12.9 Å². The second-order valence-corrected chi connectivity index (χ2v) is 6.55. The van der Waals surface area contributed by atoms with Gasteiger partial charge in [0.1, 0.15) is 5.76 Å². The fourth-order valence-corrected chi connectivity index (χ4v) is 2.26. The summed E-state index contributed by atoms with van der Waals surface area (Å²) < 4.78 is 8.38. The molecule has 2 heterocycles. The maximum atomic E-state index is 5.52. The van der Waals surface area contributed by atoms with Gasteiger partial charge in [0.15, 0.2) is 4.67 Å². The monoisotopic (exact) mass is 325 g/mol. The van der Waals surface area contributed by atoms with Crippen LogP contribution >= 0.6 is 15.9 Å². The van der Waals surface area contributed by atoms with Crippen LogP contribution in [-0.4, -0.2) is 15.6 Å². The van der Waals surface area contributed by atoms with E-state index in [1.54, 1.807) is 0 Å². The predicted molar refractivity (Wildman–Crippen MR) is 78.7 cm³/mol. The predicted octanol–water partition coefficient (Wildman–Crippen LogP) is 3.44. The van der Waals surface area contributed by atoms with Crippen molar-refractivity contribution in [2.24, 2.45) is 5.41 Å². The molecule has 5 heteroatoms. The van der Waals surface area contributed by atoms with Crippen molar-refractivity contribution in [3.63, 3.8) is 0 Å². The van der Waals surface area contributed by atoms with Crippen LogP contribution in [0.25, 0.3) is 0 Å². The summed E-state index contributed by atoms with van der Waals surface area (Å²) in [5.41, 5.74) is 0.161. The minimum Gasteiger partial charge on any atom is -0.453 e. The molecule has 0 saturated carbocycles. The van der Waals surface area contributed by atoms with Crippen LogP contribution in [0.15, 0.2) is 39.9 Å². The highest BCUT2D eigenvalue weighted by molar-refractivity contribution is 9.10. The zero-order valence-corrected chi connectivity index (χ0v) is 13.1. The first-order valence-corrected chi connectivity index (χ1v) is 7.18. The van der Waals surface area contributed by atoms with Gasteiger partial charge in [-0.05, 0) is 33.5 Å². The Bertz CT molecular complexity index is 499. The number of nitrogens with one attached hydrogen (secondary N) is 1. The van der Waals surface area contributed by atoms with E-state index in [1.165, 1.54) is 0 Å². The van der Waals surface area contributed by atoms with Gasteiger partial charge >= 0.3 is 0 Å². The number of halogens is 1. The van der Waals surface area contributed by atoms with E-state index in [2.05, 4.69) is 51.6 Å². The van der Waals surface area contributed by atoms with Crippen LogP contribution in [0.4, 0.5) is 0 Å². The van der Waals surface area contributed by atoms with Gasteiger partial charge in [-0.25, -0.2) is 4.98 Å². The van der Waals surface area contributed by atoms with Gasteiger partial charge in [0.25, 0.3) is 0 Å². The molecule has 2 aromatic heterocycles. The zero-order valence-electron chi connectivity index (χ0n) is 11.6. The van der Waals surface area contributed by atoms with Gasteiger partial charge in [-0.1, -0.05) is 20.8 Å². The number of aromatic nitrogens is 2. The summed E-state index contributed by atoms with van der Waals surface area (Å²) in [4.78, 5) is 4.09. The molecule has 2 aromatic rings. The average Bonchev–Trinajstić information content (AvgIpc) is 2.94. The normalized spacial score (nSPS) is 13.7. The number of nitrogens with zero attached hydrogens (tertiary/aromatic N) is 2. The lowest BCUT2D eigenvalue weighted by Gasteiger charge is -2.31. The summed E-state index contributed by atoms with van der Waals surface area (Å²) in [5.74, 6) is 0.937. The molecule has 0 aliphatic carbocycles. The Morgan fingerprint density at radius 1 is 1.42 bits per heavy atom. The summed E-state index contributed by atoms with van der Waals surface area (Å²) >= 11 is 3.32. The molecule has 0 radical (unpaired) electrons. The van der Waals surface area contributed by atoms with Crippen LogP contribution in [0.1, 0.15) is 26.5 Å². The molecular weight excluding hydrogens is 306 g/mol. The Morgan fingerprint density at radius 2 is 2.21 bits per heavy atom. The van der Waals surface area contributed by atoms with E-state index in [9.17, 15) is 0 Å². The largest absolute Gasteiger partial charge is 0.453 e. The van der Waals surface area contributed by atoms with Gasteiger partial charge in [0.2, 0.25) is 0 Å². The molecule has 0 bridgehead atoms. The van der Waals surface area contributed by atoms with Crippen molar-refractivity contribution in [2.45, 2.75) is 39.9 Å². The number of hydrogen-bond acceptors (Lipinski definition) is 3. The topological polar surface area (TPSA) is 43.0 Å². The van der Waals surface area contributed by atoms with Crippen molar-refractivity contribution < 1.29 is 4.42 Å². The zero-order chi connectivity index (χ0) is 13.9. The fraction of sp³-hybridized carbons (Fsp3) is 0.500. The number of hydrogen-bond donors (Lipinski definition) is 1. The Balaban J connectivity index is 1.98. The van der Waals surface area contributed by atoms with E-state index in [-0.39, 0.29) is 5.41 Å². The highest BCUT2D eigenvalue weighted by Crippen LogP contribution is 2.22. The maximum absolute atomic E-state index is 5.52. The molecule has 1 atom stereocenters. The molecule has 0 aromatic carbocycles. The van der Waals surface area contributed by atoms with E-state index in [1.807, 2.05) is 30.9 Å². The van der Waals surface area contributed by atoms with Gasteiger partial charge in [-0.15, -0.1) is 0 Å². The second-order valence-electron chi connectivity index (χ2n) is 5.76. The van der Waals surface area contributed by atoms with Crippen molar-refractivity contribution in [1.82, 2.24) is 14.9 Å². The highest BCUT2D eigenvalue weighted by Gasteiger charge is 2.24. The summed E-state index contributed by atoms with van der Waals surface area (Å²) in [5, 5.41) is 3.56. The van der Waals surface area contributed by atoms with Gasteiger partial charge < -0.3 is 14.3 Å². The third kappa shape index (κ3) is 4.21. The Labute approximate surface area is 122 Å². The first-order valence-electron chi connectivity index (χ1n) is 6.38. The molecule has 0 aliphatic heterocycles. The van der Waals surface area contributed by atoms with Crippen LogP contribution in [0, 0.1) is 5.41 Å². The standard InChI is InChI=1S/C14H20BrN3O/c1-14(2,3)12(9-18-7-6-16-10-18)17-8-11-4-5-13(15)19-11/h4-7,10,12,17H,8-9H2,1-3H3. The minimum atomic E-state index is 0.161. The van der Waals surface area contributed by atoms with Gasteiger partial charge in [-0.3, -0.25) is 0 Å². The van der Waals surface area contributed by atoms with Crippen LogP contribution in [0.5, 0.6) is 0 Å². The Hall–Kier alpha value is -1.07. The minimum absolute atomic E-state index is 0.161. The van der Waals surface area contributed by atoms with Crippen LogP contribution < -0.4 is 5.32 Å². The van der Waals surface area contributed by atoms with Crippen molar-refractivity contribution in [3.05, 3.63) is 41.3 Å². The highest BCUT2D eigenvalue weighted by atomic mass is 79.9. The van der Waals surface area contributed by atoms with Crippen LogP contribution in [0.3, 0.4) is 0 Å². The molecule has 4 nitrogen and oxygen atoms in total. The molecule has 2 rings (SSSR count). The molecule has 19 heavy (non-hydrogen) atoms. The first kappa shape index (κ1) is 14.3. The number of imidazole rings is 1. The van der Waals surface area contributed by atoms with Gasteiger partial charge in [0, 0.05) is 25.0 Å². The van der Waals surface area contributed by atoms with Gasteiger partial charge in [-0.2, -0.15) is 0 Å². The van der Waals surface area contributed by atoms with E-state index >= 15 is 0 Å². The quantitative estimate of drug-likeness (QED) is 0.915. The van der Waals surface area contributed by atoms with E-state index in [0.29, 0.717) is 6.04 Å². The molecular formula is C14H20BrN3O. The first-order chi connectivity index (χ1) is 8.95. The maximum Gasteiger partial charge on any atom is 0.169 e. The molecule has 0 aliphatic rings.